The molecule has 21 heavy (non-hydrogen) atoms. The van der Waals surface area contributed by atoms with Gasteiger partial charge in [0.25, 0.3) is 0 Å². The van der Waals surface area contributed by atoms with E-state index in [1.54, 1.807) is 0 Å². The molecule has 112 valence electrons. The van der Waals surface area contributed by atoms with E-state index in [2.05, 4.69) is 31.0 Å². The number of aryl methyl sites for hydroxylation is 1. The van der Waals surface area contributed by atoms with E-state index < -0.39 is 11.2 Å². The molecular formula is C18H23NO2. The molecule has 0 N–H and O–H groups in total. The molecule has 3 nitrogen and oxygen atoms in total. The molecule has 1 aromatic rings. The SMILES string of the molecule is C/C=C\c1c(C)cccc1C#CN1OC(C)(C)C(C)(C)O1. The highest BCUT2D eigenvalue weighted by Gasteiger charge is 2.49. The summed E-state index contributed by atoms with van der Waals surface area (Å²) in [6.07, 6.45) is 4.08. The summed E-state index contributed by atoms with van der Waals surface area (Å²) in [7, 11) is 0. The average Bonchev–Trinajstić information content (AvgIpc) is 2.59. The summed E-state index contributed by atoms with van der Waals surface area (Å²) in [4.78, 5) is 11.5. The van der Waals surface area contributed by atoms with Crippen molar-refractivity contribution >= 4 is 6.08 Å². The molecule has 0 bridgehead atoms. The maximum Gasteiger partial charge on any atom is 0.125 e. The lowest BCUT2D eigenvalue weighted by atomic mass is 9.90. The van der Waals surface area contributed by atoms with Gasteiger partial charge in [-0.25, -0.2) is 9.68 Å². The summed E-state index contributed by atoms with van der Waals surface area (Å²) in [5.41, 5.74) is 2.46. The summed E-state index contributed by atoms with van der Waals surface area (Å²) < 4.78 is 0. The molecule has 1 aliphatic heterocycles. The van der Waals surface area contributed by atoms with Crippen LogP contribution in [0.15, 0.2) is 24.3 Å². The van der Waals surface area contributed by atoms with Crippen molar-refractivity contribution in [3.05, 3.63) is 41.0 Å². The Morgan fingerprint density at radius 1 is 1.10 bits per heavy atom. The molecule has 0 amide bonds. The quantitative estimate of drug-likeness (QED) is 0.726. The van der Waals surface area contributed by atoms with Crippen LogP contribution < -0.4 is 0 Å². The largest absolute Gasteiger partial charge is 0.232 e. The van der Waals surface area contributed by atoms with Crippen molar-refractivity contribution < 1.29 is 9.68 Å². The Kier molecular flexibility index (Phi) is 4.13. The molecule has 0 aromatic heterocycles. The van der Waals surface area contributed by atoms with Gasteiger partial charge in [-0.05, 0) is 64.7 Å². The third-order valence-electron chi connectivity index (χ3n) is 4.01. The zero-order valence-electron chi connectivity index (χ0n) is 13.7. The Morgan fingerprint density at radius 3 is 2.29 bits per heavy atom. The van der Waals surface area contributed by atoms with Crippen LogP contribution in [0.1, 0.15) is 51.3 Å². The smallest absolute Gasteiger partial charge is 0.125 e. The molecule has 1 fully saturated rings. The van der Waals surface area contributed by atoms with E-state index in [1.165, 1.54) is 10.8 Å². The Hall–Kier alpha value is -1.76. The van der Waals surface area contributed by atoms with Gasteiger partial charge in [0.1, 0.15) is 11.2 Å². The summed E-state index contributed by atoms with van der Waals surface area (Å²) >= 11 is 0. The minimum Gasteiger partial charge on any atom is -0.232 e. The number of hydrogen-bond acceptors (Lipinski definition) is 3. The normalized spacial score (nSPS) is 19.6. The van der Waals surface area contributed by atoms with Crippen LogP contribution in [0, 0.1) is 18.9 Å². The van der Waals surface area contributed by atoms with Crippen molar-refractivity contribution in [1.82, 2.24) is 5.23 Å². The molecule has 0 spiro atoms. The molecule has 0 saturated carbocycles. The molecule has 0 aliphatic carbocycles. The predicted octanol–water partition coefficient (Wildman–Crippen LogP) is 4.07. The number of rotatable bonds is 1. The van der Waals surface area contributed by atoms with Gasteiger partial charge in [-0.1, -0.05) is 29.5 Å². The minimum atomic E-state index is -0.416. The monoisotopic (exact) mass is 285 g/mol. The van der Waals surface area contributed by atoms with E-state index in [4.69, 9.17) is 9.68 Å². The second-order valence-electron chi connectivity index (χ2n) is 6.23. The van der Waals surface area contributed by atoms with Crippen molar-refractivity contribution in [1.29, 1.82) is 0 Å². The second kappa shape index (κ2) is 5.55. The first-order chi connectivity index (χ1) is 9.77. The molecular weight excluding hydrogens is 262 g/mol. The standard InChI is InChI=1S/C18H23NO2/c1-7-9-16-14(2)10-8-11-15(16)12-13-19-20-17(3,4)18(5,6)21-19/h7-11H,1-6H3/b9-7-. The Labute approximate surface area is 127 Å². The van der Waals surface area contributed by atoms with Crippen LogP contribution in [0.25, 0.3) is 6.08 Å². The first-order valence-corrected chi connectivity index (χ1v) is 7.19. The molecule has 1 saturated heterocycles. The fourth-order valence-electron chi connectivity index (χ4n) is 1.98. The van der Waals surface area contributed by atoms with Gasteiger partial charge in [0.15, 0.2) is 0 Å². The first kappa shape index (κ1) is 15.6. The van der Waals surface area contributed by atoms with Crippen molar-refractivity contribution in [3.8, 4) is 12.0 Å². The van der Waals surface area contributed by atoms with E-state index in [0.29, 0.717) is 0 Å². The molecule has 3 heteroatoms. The van der Waals surface area contributed by atoms with Crippen molar-refractivity contribution in [2.24, 2.45) is 0 Å². The molecule has 1 aliphatic rings. The Balaban J connectivity index is 2.28. The van der Waals surface area contributed by atoms with Crippen LogP contribution in [-0.4, -0.2) is 16.4 Å². The highest BCUT2D eigenvalue weighted by molar-refractivity contribution is 5.62. The fraction of sp³-hybridized carbons (Fsp3) is 0.444. The maximum absolute atomic E-state index is 5.74. The topological polar surface area (TPSA) is 21.7 Å². The molecule has 0 unspecified atom stereocenters. The van der Waals surface area contributed by atoms with Crippen molar-refractivity contribution in [2.45, 2.75) is 52.7 Å². The van der Waals surface area contributed by atoms with Gasteiger partial charge in [-0.15, -0.1) is 0 Å². The third kappa shape index (κ3) is 3.12. The van der Waals surface area contributed by atoms with Gasteiger partial charge in [0.05, 0.1) is 6.04 Å². The molecule has 0 radical (unpaired) electrons. The van der Waals surface area contributed by atoms with Crippen molar-refractivity contribution in [3.63, 3.8) is 0 Å². The number of allylic oxidation sites excluding steroid dienone is 1. The van der Waals surface area contributed by atoms with Gasteiger partial charge < -0.3 is 0 Å². The summed E-state index contributed by atoms with van der Waals surface area (Å²) in [6, 6.07) is 9.03. The van der Waals surface area contributed by atoms with Crippen LogP contribution in [-0.2, 0) is 9.68 Å². The Bertz CT molecular complexity index is 602. The Morgan fingerprint density at radius 2 is 1.71 bits per heavy atom. The lowest BCUT2D eigenvalue weighted by Gasteiger charge is -2.26. The zero-order valence-corrected chi connectivity index (χ0v) is 13.7. The van der Waals surface area contributed by atoms with Gasteiger partial charge in [0, 0.05) is 5.56 Å². The lowest BCUT2D eigenvalue weighted by Crippen LogP contribution is -2.41. The summed E-state index contributed by atoms with van der Waals surface area (Å²) in [5, 5.41) is 1.28. The number of benzene rings is 1. The van der Waals surface area contributed by atoms with Gasteiger partial charge in [-0.3, -0.25) is 0 Å². The summed E-state index contributed by atoms with van der Waals surface area (Å²) in [5.74, 6) is 3.13. The highest BCUT2D eigenvalue weighted by atomic mass is 17.0. The van der Waals surface area contributed by atoms with Crippen LogP contribution in [0.3, 0.4) is 0 Å². The van der Waals surface area contributed by atoms with Crippen molar-refractivity contribution in [2.75, 3.05) is 0 Å². The molecule has 1 aromatic carbocycles. The fourth-order valence-corrected chi connectivity index (χ4v) is 1.98. The summed E-state index contributed by atoms with van der Waals surface area (Å²) in [6.45, 7) is 12.1. The van der Waals surface area contributed by atoms with Crippen LogP contribution in [0.2, 0.25) is 0 Å². The maximum atomic E-state index is 5.74. The lowest BCUT2D eigenvalue weighted by molar-refractivity contribution is -0.282. The van der Waals surface area contributed by atoms with Gasteiger partial charge in [-0.2, -0.15) is 0 Å². The van der Waals surface area contributed by atoms with E-state index in [1.807, 2.05) is 52.8 Å². The van der Waals surface area contributed by atoms with Gasteiger partial charge in [0.2, 0.25) is 0 Å². The van der Waals surface area contributed by atoms with E-state index in [0.717, 1.165) is 11.1 Å². The highest BCUT2D eigenvalue weighted by Crippen LogP contribution is 2.36. The second-order valence-corrected chi connectivity index (χ2v) is 6.23. The minimum absolute atomic E-state index is 0.416. The van der Waals surface area contributed by atoms with E-state index in [-0.39, 0.29) is 0 Å². The first-order valence-electron chi connectivity index (χ1n) is 7.19. The van der Waals surface area contributed by atoms with Crippen LogP contribution in [0.4, 0.5) is 0 Å². The molecule has 2 rings (SSSR count). The van der Waals surface area contributed by atoms with Crippen LogP contribution >= 0.6 is 0 Å². The zero-order chi connectivity index (χ0) is 15.7. The number of hydrogen-bond donors (Lipinski definition) is 0. The molecule has 1 heterocycles. The van der Waals surface area contributed by atoms with Gasteiger partial charge >= 0.3 is 0 Å². The van der Waals surface area contributed by atoms with E-state index >= 15 is 0 Å². The average molecular weight is 285 g/mol. The molecule has 0 atom stereocenters. The third-order valence-corrected chi connectivity index (χ3v) is 4.01. The number of nitrogens with zero attached hydrogens (tertiary/aromatic N) is 1. The number of hydroxylamine groups is 2. The van der Waals surface area contributed by atoms with Crippen LogP contribution in [0.5, 0.6) is 0 Å². The van der Waals surface area contributed by atoms with E-state index in [9.17, 15) is 0 Å². The predicted molar refractivity (Wildman–Crippen MR) is 84.9 cm³/mol.